The van der Waals surface area contributed by atoms with Crippen LogP contribution in [-0.2, 0) is 4.74 Å². The van der Waals surface area contributed by atoms with Crippen LogP contribution < -0.4 is 0 Å². The standard InChI is InChI=1S/C10H21NO/c1-4-6-10(9-12-3)7-11(5-2)8-10/h4-9H2,1-3H3. The van der Waals surface area contributed by atoms with Crippen molar-refractivity contribution in [1.29, 1.82) is 0 Å². The first-order valence-corrected chi connectivity index (χ1v) is 4.97. The van der Waals surface area contributed by atoms with Crippen molar-refractivity contribution in [2.75, 3.05) is 33.4 Å². The lowest BCUT2D eigenvalue weighted by Gasteiger charge is -2.49. The number of methoxy groups -OCH3 is 1. The Hall–Kier alpha value is -0.0800. The van der Waals surface area contributed by atoms with Crippen LogP contribution in [0.5, 0.6) is 0 Å². The van der Waals surface area contributed by atoms with E-state index in [-0.39, 0.29) is 0 Å². The molecule has 12 heavy (non-hydrogen) atoms. The molecule has 1 fully saturated rings. The van der Waals surface area contributed by atoms with Crippen molar-refractivity contribution in [3.05, 3.63) is 0 Å². The number of hydrogen-bond donors (Lipinski definition) is 0. The normalized spacial score (nSPS) is 22.2. The highest BCUT2D eigenvalue weighted by Crippen LogP contribution is 2.34. The smallest absolute Gasteiger partial charge is 0.0543 e. The van der Waals surface area contributed by atoms with Crippen molar-refractivity contribution in [1.82, 2.24) is 4.90 Å². The summed E-state index contributed by atoms with van der Waals surface area (Å²) < 4.78 is 5.27. The fourth-order valence-electron chi connectivity index (χ4n) is 2.28. The molecule has 2 nitrogen and oxygen atoms in total. The van der Waals surface area contributed by atoms with Gasteiger partial charge in [-0.2, -0.15) is 0 Å². The maximum absolute atomic E-state index is 5.27. The van der Waals surface area contributed by atoms with Gasteiger partial charge in [-0.3, -0.25) is 0 Å². The fourth-order valence-corrected chi connectivity index (χ4v) is 2.28. The maximum atomic E-state index is 5.27. The lowest BCUT2D eigenvalue weighted by molar-refractivity contribution is -0.0569. The van der Waals surface area contributed by atoms with Crippen LogP contribution in [0.25, 0.3) is 0 Å². The summed E-state index contributed by atoms with van der Waals surface area (Å²) in [5, 5.41) is 0. The van der Waals surface area contributed by atoms with Crippen molar-refractivity contribution < 1.29 is 4.74 Å². The Morgan fingerprint density at radius 3 is 2.42 bits per heavy atom. The number of likely N-dealkylation sites (tertiary alicyclic amines) is 1. The number of ether oxygens (including phenoxy) is 1. The van der Waals surface area contributed by atoms with Gasteiger partial charge in [-0.05, 0) is 13.0 Å². The molecule has 1 saturated heterocycles. The number of rotatable bonds is 5. The molecule has 0 N–H and O–H groups in total. The van der Waals surface area contributed by atoms with E-state index in [2.05, 4.69) is 18.7 Å². The summed E-state index contributed by atoms with van der Waals surface area (Å²) in [5.74, 6) is 0. The zero-order valence-electron chi connectivity index (χ0n) is 8.60. The third kappa shape index (κ3) is 1.99. The predicted molar refractivity (Wildman–Crippen MR) is 51.3 cm³/mol. The molecular weight excluding hydrogens is 150 g/mol. The molecule has 1 rings (SSSR count). The molecule has 72 valence electrons. The zero-order valence-corrected chi connectivity index (χ0v) is 8.60. The first-order valence-electron chi connectivity index (χ1n) is 4.97. The average Bonchev–Trinajstić information content (AvgIpc) is 1.99. The lowest BCUT2D eigenvalue weighted by atomic mass is 9.77. The topological polar surface area (TPSA) is 12.5 Å². The summed E-state index contributed by atoms with van der Waals surface area (Å²) in [4.78, 5) is 2.48. The van der Waals surface area contributed by atoms with E-state index in [0.29, 0.717) is 5.41 Å². The Balaban J connectivity index is 2.32. The second-order valence-electron chi connectivity index (χ2n) is 3.99. The predicted octanol–water partition coefficient (Wildman–Crippen LogP) is 1.75. The van der Waals surface area contributed by atoms with E-state index >= 15 is 0 Å². The zero-order chi connectivity index (χ0) is 9.03. The minimum absolute atomic E-state index is 0.500. The average molecular weight is 171 g/mol. The van der Waals surface area contributed by atoms with Crippen LogP contribution in [0.15, 0.2) is 0 Å². The summed E-state index contributed by atoms with van der Waals surface area (Å²) in [5.41, 5.74) is 0.500. The van der Waals surface area contributed by atoms with Gasteiger partial charge in [0.2, 0.25) is 0 Å². The summed E-state index contributed by atoms with van der Waals surface area (Å²) in [6.07, 6.45) is 2.60. The van der Waals surface area contributed by atoms with Crippen molar-refractivity contribution in [3.63, 3.8) is 0 Å². The highest BCUT2D eigenvalue weighted by atomic mass is 16.5. The molecule has 0 spiro atoms. The van der Waals surface area contributed by atoms with Gasteiger partial charge in [-0.15, -0.1) is 0 Å². The van der Waals surface area contributed by atoms with Crippen LogP contribution in [0.1, 0.15) is 26.7 Å². The molecule has 0 aromatic rings. The van der Waals surface area contributed by atoms with E-state index in [0.717, 1.165) is 6.61 Å². The van der Waals surface area contributed by atoms with Gasteiger partial charge in [-0.1, -0.05) is 20.3 Å². The number of nitrogens with zero attached hydrogens (tertiary/aromatic N) is 1. The Bertz CT molecular complexity index is 122. The Morgan fingerprint density at radius 2 is 2.00 bits per heavy atom. The van der Waals surface area contributed by atoms with E-state index in [9.17, 15) is 0 Å². The second-order valence-corrected chi connectivity index (χ2v) is 3.99. The first-order chi connectivity index (χ1) is 5.76. The lowest BCUT2D eigenvalue weighted by Crippen LogP contribution is -2.58. The van der Waals surface area contributed by atoms with Gasteiger partial charge in [0.25, 0.3) is 0 Å². The van der Waals surface area contributed by atoms with Crippen LogP contribution in [0.2, 0.25) is 0 Å². The Labute approximate surface area is 75.9 Å². The van der Waals surface area contributed by atoms with Crippen LogP contribution in [0.3, 0.4) is 0 Å². The molecule has 0 aromatic heterocycles. The number of hydrogen-bond acceptors (Lipinski definition) is 2. The van der Waals surface area contributed by atoms with Gasteiger partial charge in [0, 0.05) is 25.6 Å². The quantitative estimate of drug-likeness (QED) is 0.625. The van der Waals surface area contributed by atoms with Crippen LogP contribution in [-0.4, -0.2) is 38.3 Å². The monoisotopic (exact) mass is 171 g/mol. The van der Waals surface area contributed by atoms with Crippen LogP contribution in [0.4, 0.5) is 0 Å². The molecular formula is C10H21NO. The van der Waals surface area contributed by atoms with Crippen molar-refractivity contribution >= 4 is 0 Å². The highest BCUT2D eigenvalue weighted by molar-refractivity contribution is 4.93. The minimum Gasteiger partial charge on any atom is -0.384 e. The van der Waals surface area contributed by atoms with Gasteiger partial charge in [0.05, 0.1) is 6.61 Å². The molecule has 0 aliphatic carbocycles. The van der Waals surface area contributed by atoms with Crippen LogP contribution >= 0.6 is 0 Å². The minimum atomic E-state index is 0.500. The molecule has 0 bridgehead atoms. The first kappa shape index (κ1) is 10.0. The van der Waals surface area contributed by atoms with Gasteiger partial charge < -0.3 is 9.64 Å². The summed E-state index contributed by atoms with van der Waals surface area (Å²) in [6.45, 7) is 9.09. The molecule has 0 aromatic carbocycles. The van der Waals surface area contributed by atoms with Crippen molar-refractivity contribution in [3.8, 4) is 0 Å². The van der Waals surface area contributed by atoms with Gasteiger partial charge >= 0.3 is 0 Å². The van der Waals surface area contributed by atoms with Crippen molar-refractivity contribution in [2.45, 2.75) is 26.7 Å². The fraction of sp³-hybridized carbons (Fsp3) is 1.00. The molecule has 1 heterocycles. The largest absolute Gasteiger partial charge is 0.384 e. The summed E-state index contributed by atoms with van der Waals surface area (Å²) >= 11 is 0. The SMILES string of the molecule is CCCC1(COC)CN(CC)C1. The van der Waals surface area contributed by atoms with Gasteiger partial charge in [0.15, 0.2) is 0 Å². The second kappa shape index (κ2) is 4.24. The highest BCUT2D eigenvalue weighted by Gasteiger charge is 2.40. The van der Waals surface area contributed by atoms with E-state index in [1.54, 1.807) is 0 Å². The molecule has 1 aliphatic heterocycles. The van der Waals surface area contributed by atoms with E-state index in [4.69, 9.17) is 4.74 Å². The van der Waals surface area contributed by atoms with Gasteiger partial charge in [-0.25, -0.2) is 0 Å². The molecule has 0 amide bonds. The molecule has 1 aliphatic rings. The third-order valence-corrected chi connectivity index (χ3v) is 2.80. The van der Waals surface area contributed by atoms with Crippen LogP contribution in [0, 0.1) is 5.41 Å². The van der Waals surface area contributed by atoms with Gasteiger partial charge in [0.1, 0.15) is 0 Å². The molecule has 0 saturated carbocycles. The Morgan fingerprint density at radius 1 is 1.33 bits per heavy atom. The molecule has 2 heteroatoms. The van der Waals surface area contributed by atoms with E-state index < -0.39 is 0 Å². The molecule has 0 atom stereocenters. The summed E-state index contributed by atoms with van der Waals surface area (Å²) in [6, 6.07) is 0. The van der Waals surface area contributed by atoms with Crippen molar-refractivity contribution in [2.24, 2.45) is 5.41 Å². The van der Waals surface area contributed by atoms with E-state index in [1.807, 2.05) is 7.11 Å². The Kier molecular flexibility index (Phi) is 3.53. The van der Waals surface area contributed by atoms with E-state index in [1.165, 1.54) is 32.5 Å². The molecule has 0 unspecified atom stereocenters. The molecule has 0 radical (unpaired) electrons. The maximum Gasteiger partial charge on any atom is 0.0543 e. The third-order valence-electron chi connectivity index (χ3n) is 2.80. The summed E-state index contributed by atoms with van der Waals surface area (Å²) in [7, 11) is 1.81.